The first-order valence-electron chi connectivity index (χ1n) is 8.02. The normalized spacial score (nSPS) is 14.5. The van der Waals surface area contributed by atoms with Gasteiger partial charge in [-0.05, 0) is 56.4 Å². The number of esters is 1. The number of hydrogen-bond acceptors (Lipinski definition) is 4. The van der Waals surface area contributed by atoms with Gasteiger partial charge in [-0.3, -0.25) is 4.79 Å². The third kappa shape index (κ3) is 4.02. The summed E-state index contributed by atoms with van der Waals surface area (Å²) in [6, 6.07) is 3.65. The molecule has 0 unspecified atom stereocenters. The molecule has 1 heterocycles. The van der Waals surface area contributed by atoms with E-state index in [4.69, 9.17) is 16.3 Å². The van der Waals surface area contributed by atoms with E-state index in [1.54, 1.807) is 16.7 Å². The molecular formula is C18H17ClFNO3S. The van der Waals surface area contributed by atoms with Gasteiger partial charge in [0.05, 0.1) is 16.3 Å². The number of amides is 1. The molecule has 0 bridgehead atoms. The van der Waals surface area contributed by atoms with E-state index in [1.165, 1.54) is 23.9 Å². The molecule has 1 N–H and O–H groups in total. The second-order valence-electron chi connectivity index (χ2n) is 5.92. The van der Waals surface area contributed by atoms with E-state index in [2.05, 4.69) is 5.32 Å². The molecule has 0 radical (unpaired) electrons. The summed E-state index contributed by atoms with van der Waals surface area (Å²) < 4.78 is 18.3. The van der Waals surface area contributed by atoms with Gasteiger partial charge in [-0.15, -0.1) is 11.3 Å². The standard InChI is InChI=1S/C18H17ClFNO3S/c1-10(17(22)21-15-7-6-11(20)8-14(15)19)24-18(23)13-9-25-16-5-3-2-4-12(13)16/h6-10H,2-5H2,1H3,(H,21,22)/t10-/m0/s1. The lowest BCUT2D eigenvalue weighted by Crippen LogP contribution is -2.30. The van der Waals surface area contributed by atoms with Crippen LogP contribution in [0.4, 0.5) is 10.1 Å². The number of aryl methyl sites for hydroxylation is 1. The average Bonchev–Trinajstić information content (AvgIpc) is 3.01. The first-order chi connectivity index (χ1) is 12.0. The van der Waals surface area contributed by atoms with Crippen LogP contribution >= 0.6 is 22.9 Å². The van der Waals surface area contributed by atoms with Gasteiger partial charge in [0.2, 0.25) is 0 Å². The first-order valence-corrected chi connectivity index (χ1v) is 9.27. The molecule has 0 saturated carbocycles. The predicted molar refractivity (Wildman–Crippen MR) is 95.9 cm³/mol. The van der Waals surface area contributed by atoms with Gasteiger partial charge in [0, 0.05) is 10.3 Å². The maximum Gasteiger partial charge on any atom is 0.340 e. The van der Waals surface area contributed by atoms with Crippen LogP contribution in [0.1, 0.15) is 40.6 Å². The van der Waals surface area contributed by atoms with E-state index in [1.807, 2.05) is 0 Å². The number of carbonyl (C=O) groups excluding carboxylic acids is 2. The highest BCUT2D eigenvalue weighted by Gasteiger charge is 2.25. The van der Waals surface area contributed by atoms with Gasteiger partial charge in [0.15, 0.2) is 6.10 Å². The fourth-order valence-corrected chi connectivity index (χ4v) is 4.10. The minimum absolute atomic E-state index is 0.0822. The minimum Gasteiger partial charge on any atom is -0.449 e. The van der Waals surface area contributed by atoms with Crippen molar-refractivity contribution in [1.29, 1.82) is 0 Å². The average molecular weight is 382 g/mol. The van der Waals surface area contributed by atoms with Crippen molar-refractivity contribution in [2.45, 2.75) is 38.7 Å². The molecule has 3 rings (SSSR count). The van der Waals surface area contributed by atoms with E-state index in [0.29, 0.717) is 5.56 Å². The zero-order valence-electron chi connectivity index (χ0n) is 13.6. The molecule has 7 heteroatoms. The molecule has 1 aliphatic rings. The van der Waals surface area contributed by atoms with E-state index in [-0.39, 0.29) is 10.7 Å². The largest absolute Gasteiger partial charge is 0.449 e. The Kier molecular flexibility index (Phi) is 5.39. The molecule has 1 aliphatic carbocycles. The number of carbonyl (C=O) groups is 2. The monoisotopic (exact) mass is 381 g/mol. The van der Waals surface area contributed by atoms with Gasteiger partial charge >= 0.3 is 5.97 Å². The van der Waals surface area contributed by atoms with Crippen LogP contribution in [0.3, 0.4) is 0 Å². The lowest BCUT2D eigenvalue weighted by molar-refractivity contribution is -0.123. The van der Waals surface area contributed by atoms with Gasteiger partial charge in [0.1, 0.15) is 5.82 Å². The van der Waals surface area contributed by atoms with Crippen molar-refractivity contribution in [1.82, 2.24) is 0 Å². The van der Waals surface area contributed by atoms with Crippen molar-refractivity contribution in [2.24, 2.45) is 0 Å². The van der Waals surface area contributed by atoms with Crippen LogP contribution in [-0.2, 0) is 22.4 Å². The summed E-state index contributed by atoms with van der Waals surface area (Å²) in [6.07, 6.45) is 3.07. The van der Waals surface area contributed by atoms with Crippen molar-refractivity contribution >= 4 is 40.5 Å². The number of thiophene rings is 1. The number of ether oxygens (including phenoxy) is 1. The quantitative estimate of drug-likeness (QED) is 0.787. The Labute approximate surface area is 153 Å². The third-order valence-corrected chi connectivity index (χ3v) is 5.52. The lowest BCUT2D eigenvalue weighted by atomic mass is 9.96. The summed E-state index contributed by atoms with van der Waals surface area (Å²) in [4.78, 5) is 25.8. The van der Waals surface area contributed by atoms with E-state index in [0.717, 1.165) is 37.3 Å². The number of hydrogen-bond donors (Lipinski definition) is 1. The number of rotatable bonds is 4. The molecule has 1 aromatic carbocycles. The molecule has 25 heavy (non-hydrogen) atoms. The summed E-state index contributed by atoms with van der Waals surface area (Å²) in [5, 5.41) is 4.43. The van der Waals surface area contributed by atoms with Gasteiger partial charge in [0.25, 0.3) is 5.91 Å². The maximum atomic E-state index is 13.0. The molecule has 0 saturated heterocycles. The smallest absolute Gasteiger partial charge is 0.340 e. The Morgan fingerprint density at radius 2 is 2.08 bits per heavy atom. The molecular weight excluding hydrogens is 365 g/mol. The van der Waals surface area contributed by atoms with Gasteiger partial charge < -0.3 is 10.1 Å². The summed E-state index contributed by atoms with van der Waals surface area (Å²) in [5.41, 5.74) is 1.87. The molecule has 132 valence electrons. The van der Waals surface area contributed by atoms with E-state index in [9.17, 15) is 14.0 Å². The molecule has 2 aromatic rings. The Bertz CT molecular complexity index is 821. The van der Waals surface area contributed by atoms with Crippen molar-refractivity contribution in [3.8, 4) is 0 Å². The molecule has 1 amide bonds. The summed E-state index contributed by atoms with van der Waals surface area (Å²) in [6.45, 7) is 1.49. The summed E-state index contributed by atoms with van der Waals surface area (Å²) in [5.74, 6) is -1.51. The van der Waals surface area contributed by atoms with Crippen molar-refractivity contribution in [3.05, 3.63) is 50.4 Å². The maximum absolute atomic E-state index is 13.0. The molecule has 0 fully saturated rings. The van der Waals surface area contributed by atoms with E-state index < -0.39 is 23.8 Å². The van der Waals surface area contributed by atoms with Gasteiger partial charge in [-0.25, -0.2) is 9.18 Å². The van der Waals surface area contributed by atoms with Crippen LogP contribution in [0.15, 0.2) is 23.6 Å². The number of benzene rings is 1. The van der Waals surface area contributed by atoms with Crippen LogP contribution in [0.2, 0.25) is 5.02 Å². The second-order valence-corrected chi connectivity index (χ2v) is 7.29. The molecule has 1 aromatic heterocycles. The fraction of sp³-hybridized carbons (Fsp3) is 0.333. The molecule has 4 nitrogen and oxygen atoms in total. The zero-order valence-corrected chi connectivity index (χ0v) is 15.2. The van der Waals surface area contributed by atoms with Gasteiger partial charge in [-0.2, -0.15) is 0 Å². The van der Waals surface area contributed by atoms with Crippen molar-refractivity contribution in [3.63, 3.8) is 0 Å². The molecule has 0 aliphatic heterocycles. The molecule has 0 spiro atoms. The minimum atomic E-state index is -0.993. The predicted octanol–water partition coefficient (Wildman–Crippen LogP) is 4.60. The fourth-order valence-electron chi connectivity index (χ4n) is 2.77. The SMILES string of the molecule is C[C@H](OC(=O)c1csc2c1CCCC2)C(=O)Nc1ccc(F)cc1Cl. The Morgan fingerprint density at radius 1 is 1.32 bits per heavy atom. The van der Waals surface area contributed by atoms with Crippen LogP contribution in [0.5, 0.6) is 0 Å². The van der Waals surface area contributed by atoms with E-state index >= 15 is 0 Å². The van der Waals surface area contributed by atoms with Crippen LogP contribution in [-0.4, -0.2) is 18.0 Å². The highest BCUT2D eigenvalue weighted by molar-refractivity contribution is 7.10. The third-order valence-electron chi connectivity index (χ3n) is 4.12. The topological polar surface area (TPSA) is 55.4 Å². The number of fused-ring (bicyclic) bond motifs is 1. The number of halogens is 2. The highest BCUT2D eigenvalue weighted by Crippen LogP contribution is 2.31. The van der Waals surface area contributed by atoms with Gasteiger partial charge in [-0.1, -0.05) is 11.6 Å². The Hall–Kier alpha value is -1.92. The van der Waals surface area contributed by atoms with Crippen molar-refractivity contribution < 1.29 is 18.7 Å². The van der Waals surface area contributed by atoms with Crippen molar-refractivity contribution in [2.75, 3.05) is 5.32 Å². The number of anilines is 1. The molecule has 1 atom stereocenters. The highest BCUT2D eigenvalue weighted by atomic mass is 35.5. The van der Waals surface area contributed by atoms with Crippen LogP contribution < -0.4 is 5.32 Å². The number of nitrogens with one attached hydrogen (secondary N) is 1. The summed E-state index contributed by atoms with van der Waals surface area (Å²) in [7, 11) is 0. The second kappa shape index (κ2) is 7.54. The zero-order chi connectivity index (χ0) is 18.0. The first kappa shape index (κ1) is 17.9. The Morgan fingerprint density at radius 3 is 2.84 bits per heavy atom. The Balaban J connectivity index is 1.65. The van der Waals surface area contributed by atoms with Crippen LogP contribution in [0, 0.1) is 5.82 Å². The van der Waals surface area contributed by atoms with Crippen LogP contribution in [0.25, 0.3) is 0 Å². The lowest BCUT2D eigenvalue weighted by Gasteiger charge is -2.16. The summed E-state index contributed by atoms with van der Waals surface area (Å²) >= 11 is 7.45.